The molecule has 0 amide bonds. The molecule has 0 fully saturated rings. The second-order valence-electron chi connectivity index (χ2n) is 9.90. The summed E-state index contributed by atoms with van der Waals surface area (Å²) in [5.74, 6) is 6.84. The van der Waals surface area contributed by atoms with Gasteiger partial charge in [-0.3, -0.25) is 0 Å². The average molecular weight is 399 g/mol. The Morgan fingerprint density at radius 3 is 1.32 bits per heavy atom. The van der Waals surface area contributed by atoms with Crippen LogP contribution >= 0.6 is 0 Å². The molecule has 2 aromatic rings. The van der Waals surface area contributed by atoms with Gasteiger partial charge in [0.2, 0.25) is 0 Å². The van der Waals surface area contributed by atoms with Crippen molar-refractivity contribution in [1.82, 2.24) is 0 Å². The molecular formula is C26H30Si2. The van der Waals surface area contributed by atoms with Crippen molar-refractivity contribution in [3.63, 3.8) is 0 Å². The molecule has 0 atom stereocenters. The Labute approximate surface area is 173 Å². The fourth-order valence-corrected chi connectivity index (χ4v) is 4.37. The lowest BCUT2D eigenvalue weighted by Gasteiger charge is -2.06. The standard InChI is InChI=1S/C26H30Si2/c1-19(2)26-22-11-9-20(13-15-27(3,4)5)17-24(22)25-18-21(10-12-23(25)26)14-16-28(6,7)8/h9-12,17-18H,1-8H3. The van der Waals surface area contributed by atoms with Gasteiger partial charge >= 0.3 is 0 Å². The highest BCUT2D eigenvalue weighted by Gasteiger charge is 2.24. The second-order valence-corrected chi connectivity index (χ2v) is 19.4. The van der Waals surface area contributed by atoms with Crippen molar-refractivity contribution >= 4 is 21.7 Å². The summed E-state index contributed by atoms with van der Waals surface area (Å²) in [6.45, 7) is 18.1. The first-order valence-electron chi connectivity index (χ1n) is 9.98. The Morgan fingerprint density at radius 1 is 0.607 bits per heavy atom. The minimum Gasteiger partial charge on any atom is -0.127 e. The van der Waals surface area contributed by atoms with E-state index in [1.54, 1.807) is 0 Å². The molecule has 1 aliphatic carbocycles. The highest BCUT2D eigenvalue weighted by atomic mass is 28.3. The summed E-state index contributed by atoms with van der Waals surface area (Å²) in [6.07, 6.45) is 0. The second kappa shape index (κ2) is 7.28. The van der Waals surface area contributed by atoms with E-state index in [2.05, 4.69) is 112 Å². The van der Waals surface area contributed by atoms with Crippen molar-refractivity contribution < 1.29 is 0 Å². The van der Waals surface area contributed by atoms with Gasteiger partial charge in [-0.1, -0.05) is 68.8 Å². The van der Waals surface area contributed by atoms with Crippen LogP contribution in [0.2, 0.25) is 39.3 Å². The molecule has 0 saturated heterocycles. The summed E-state index contributed by atoms with van der Waals surface area (Å²) in [5, 5.41) is 0. The number of hydrogen-bond donors (Lipinski definition) is 0. The van der Waals surface area contributed by atoms with E-state index in [-0.39, 0.29) is 0 Å². The van der Waals surface area contributed by atoms with Gasteiger partial charge in [0.15, 0.2) is 0 Å². The van der Waals surface area contributed by atoms with Gasteiger partial charge in [0, 0.05) is 11.1 Å². The number of fused-ring (bicyclic) bond motifs is 3. The topological polar surface area (TPSA) is 0 Å². The Hall–Kier alpha value is -2.27. The largest absolute Gasteiger partial charge is 0.129 e. The van der Waals surface area contributed by atoms with Crippen molar-refractivity contribution in [2.45, 2.75) is 53.1 Å². The van der Waals surface area contributed by atoms with E-state index in [1.807, 2.05) is 0 Å². The molecule has 2 heteroatoms. The molecule has 0 aromatic heterocycles. The van der Waals surface area contributed by atoms with Gasteiger partial charge in [-0.25, -0.2) is 0 Å². The van der Waals surface area contributed by atoms with Crippen molar-refractivity contribution in [2.75, 3.05) is 0 Å². The van der Waals surface area contributed by atoms with E-state index >= 15 is 0 Å². The summed E-state index contributed by atoms with van der Waals surface area (Å²) in [5.41, 5.74) is 17.2. The van der Waals surface area contributed by atoms with Crippen LogP contribution in [0.4, 0.5) is 0 Å². The van der Waals surface area contributed by atoms with Gasteiger partial charge in [0.05, 0.1) is 0 Å². The predicted octanol–water partition coefficient (Wildman–Crippen LogP) is 6.97. The molecule has 0 unspecified atom stereocenters. The Kier molecular flexibility index (Phi) is 5.32. The first-order valence-corrected chi connectivity index (χ1v) is 17.0. The molecular weight excluding hydrogens is 368 g/mol. The van der Waals surface area contributed by atoms with Crippen LogP contribution in [0.15, 0.2) is 42.0 Å². The van der Waals surface area contributed by atoms with Crippen LogP contribution < -0.4 is 0 Å². The average Bonchev–Trinajstić information content (AvgIpc) is 2.90. The first-order chi connectivity index (χ1) is 12.9. The first kappa shape index (κ1) is 20.5. The van der Waals surface area contributed by atoms with Crippen LogP contribution in [0.3, 0.4) is 0 Å². The van der Waals surface area contributed by atoms with Crippen molar-refractivity contribution in [1.29, 1.82) is 0 Å². The molecule has 0 bridgehead atoms. The van der Waals surface area contributed by atoms with Crippen LogP contribution in [0.25, 0.3) is 16.7 Å². The minimum absolute atomic E-state index is 1.11. The molecule has 0 N–H and O–H groups in total. The van der Waals surface area contributed by atoms with E-state index in [0.29, 0.717) is 0 Å². The maximum absolute atomic E-state index is 3.49. The number of allylic oxidation sites excluding steroid dienone is 1. The summed E-state index contributed by atoms with van der Waals surface area (Å²) in [4.78, 5) is 0. The zero-order valence-corrected chi connectivity index (χ0v) is 20.5. The van der Waals surface area contributed by atoms with Gasteiger partial charge in [-0.05, 0) is 65.9 Å². The van der Waals surface area contributed by atoms with Gasteiger partial charge in [0.25, 0.3) is 0 Å². The van der Waals surface area contributed by atoms with Crippen molar-refractivity contribution in [3.05, 3.63) is 64.2 Å². The smallest absolute Gasteiger partial charge is 0.127 e. The van der Waals surface area contributed by atoms with Crippen LogP contribution in [-0.2, 0) is 0 Å². The molecule has 1 aliphatic rings. The molecule has 0 radical (unpaired) electrons. The number of benzene rings is 2. The Bertz CT molecular complexity index is 1010. The fraction of sp³-hybridized carbons (Fsp3) is 0.308. The zero-order valence-electron chi connectivity index (χ0n) is 18.5. The van der Waals surface area contributed by atoms with Crippen LogP contribution in [0.5, 0.6) is 0 Å². The van der Waals surface area contributed by atoms with Gasteiger partial charge in [-0.15, -0.1) is 11.1 Å². The zero-order chi connectivity index (χ0) is 20.7. The van der Waals surface area contributed by atoms with Crippen molar-refractivity contribution in [2.24, 2.45) is 0 Å². The highest BCUT2D eigenvalue weighted by Crippen LogP contribution is 2.46. The lowest BCUT2D eigenvalue weighted by Crippen LogP contribution is -2.16. The van der Waals surface area contributed by atoms with E-state index in [9.17, 15) is 0 Å². The predicted molar refractivity (Wildman–Crippen MR) is 130 cm³/mol. The van der Waals surface area contributed by atoms with Crippen LogP contribution in [0.1, 0.15) is 36.1 Å². The third-order valence-corrected chi connectivity index (χ3v) is 6.28. The highest BCUT2D eigenvalue weighted by molar-refractivity contribution is 6.84. The molecule has 142 valence electrons. The van der Waals surface area contributed by atoms with Crippen LogP contribution in [0, 0.1) is 22.9 Å². The van der Waals surface area contributed by atoms with Gasteiger partial charge < -0.3 is 0 Å². The molecule has 3 rings (SSSR count). The normalized spacial score (nSPS) is 12.4. The lowest BCUT2D eigenvalue weighted by molar-refractivity contribution is 1.39. The molecule has 0 spiro atoms. The van der Waals surface area contributed by atoms with E-state index in [0.717, 1.165) is 11.1 Å². The number of hydrogen-bond acceptors (Lipinski definition) is 0. The quantitative estimate of drug-likeness (QED) is 0.283. The molecule has 2 aromatic carbocycles. The minimum atomic E-state index is -1.39. The van der Waals surface area contributed by atoms with E-state index < -0.39 is 16.1 Å². The molecule has 0 nitrogen and oxygen atoms in total. The SMILES string of the molecule is CC(C)=C1c2ccc(C#C[Si](C)(C)C)cc2-c2cc(C#C[Si](C)(C)C)ccc21. The maximum Gasteiger partial charge on any atom is 0.129 e. The van der Waals surface area contributed by atoms with E-state index in [1.165, 1.54) is 33.4 Å². The fourth-order valence-electron chi connectivity index (χ4n) is 3.33. The third kappa shape index (κ3) is 4.58. The third-order valence-electron chi connectivity index (χ3n) is 4.53. The summed E-state index contributed by atoms with van der Waals surface area (Å²) < 4.78 is 0. The van der Waals surface area contributed by atoms with Gasteiger partial charge in [-0.2, -0.15) is 0 Å². The molecule has 0 heterocycles. The lowest BCUT2D eigenvalue weighted by atomic mass is 9.99. The van der Waals surface area contributed by atoms with Gasteiger partial charge in [0.1, 0.15) is 16.1 Å². The monoisotopic (exact) mass is 398 g/mol. The molecule has 0 aliphatic heterocycles. The number of rotatable bonds is 0. The molecule has 0 saturated carbocycles. The Morgan fingerprint density at radius 2 is 1.00 bits per heavy atom. The van der Waals surface area contributed by atoms with E-state index in [4.69, 9.17) is 0 Å². The summed E-state index contributed by atoms with van der Waals surface area (Å²) in [7, 11) is -2.78. The molecule has 28 heavy (non-hydrogen) atoms. The summed E-state index contributed by atoms with van der Waals surface area (Å²) in [6, 6.07) is 13.4. The summed E-state index contributed by atoms with van der Waals surface area (Å²) >= 11 is 0. The Balaban J connectivity index is 2.18. The maximum atomic E-state index is 3.49. The van der Waals surface area contributed by atoms with Crippen molar-refractivity contribution in [3.8, 4) is 34.1 Å². The van der Waals surface area contributed by atoms with Crippen LogP contribution in [-0.4, -0.2) is 16.1 Å².